The van der Waals surface area contributed by atoms with E-state index in [4.69, 9.17) is 9.84 Å². The maximum absolute atomic E-state index is 12.7. The number of aryl methyl sites for hydroxylation is 2. The van der Waals surface area contributed by atoms with Gasteiger partial charge in [0.15, 0.2) is 0 Å². The molecule has 0 spiro atoms. The van der Waals surface area contributed by atoms with E-state index in [1.807, 2.05) is 80.6 Å². The number of carbonyl (C=O) groups excluding carboxylic acids is 1. The van der Waals surface area contributed by atoms with E-state index in [9.17, 15) is 4.79 Å². The number of hydrogen-bond acceptors (Lipinski definition) is 3. The average Bonchev–Trinajstić information content (AvgIpc) is 3.13. The number of benzene rings is 3. The molecule has 28 heavy (non-hydrogen) atoms. The first-order chi connectivity index (χ1) is 13.6. The van der Waals surface area contributed by atoms with Crippen molar-refractivity contribution in [1.29, 1.82) is 0 Å². The number of nitrogens with zero attached hydrogens (tertiary/aromatic N) is 2. The number of rotatable bonds is 4. The van der Waals surface area contributed by atoms with Gasteiger partial charge in [-0.25, -0.2) is 4.79 Å². The lowest BCUT2D eigenvalue weighted by Crippen LogP contribution is -2.11. The summed E-state index contributed by atoms with van der Waals surface area (Å²) in [7, 11) is 0. The van der Waals surface area contributed by atoms with Crippen LogP contribution in [0.5, 0.6) is 5.88 Å². The predicted octanol–water partition coefficient (Wildman–Crippen LogP) is 5.38. The average molecular weight is 368 g/mol. The van der Waals surface area contributed by atoms with Gasteiger partial charge in [-0.3, -0.25) is 0 Å². The Bertz CT molecular complexity index is 1110. The van der Waals surface area contributed by atoms with E-state index in [-0.39, 0.29) is 0 Å². The number of aromatic nitrogens is 2. The second-order valence-corrected chi connectivity index (χ2v) is 6.74. The monoisotopic (exact) mass is 368 g/mol. The lowest BCUT2D eigenvalue weighted by atomic mass is 10.1. The fourth-order valence-electron chi connectivity index (χ4n) is 2.97. The topological polar surface area (TPSA) is 44.1 Å². The lowest BCUT2D eigenvalue weighted by Gasteiger charge is -2.08. The first-order valence-electron chi connectivity index (χ1n) is 9.11. The molecular formula is C24H20N2O2. The van der Waals surface area contributed by atoms with Crippen molar-refractivity contribution >= 4 is 5.97 Å². The lowest BCUT2D eigenvalue weighted by molar-refractivity contribution is 0.0723. The van der Waals surface area contributed by atoms with E-state index in [1.54, 1.807) is 22.9 Å². The minimum atomic E-state index is -0.409. The SMILES string of the molecule is Cc1ccc(C(=O)Oc2cc(-c3ccccc3)nn2-c2cccc(C)c2)cc1. The molecule has 0 saturated heterocycles. The van der Waals surface area contributed by atoms with Crippen LogP contribution < -0.4 is 4.74 Å². The van der Waals surface area contributed by atoms with Crippen molar-refractivity contribution in [2.24, 2.45) is 0 Å². The molecule has 0 radical (unpaired) electrons. The summed E-state index contributed by atoms with van der Waals surface area (Å²) in [6, 6.07) is 26.9. The molecular weight excluding hydrogens is 348 g/mol. The van der Waals surface area contributed by atoms with Crippen LogP contribution in [0.4, 0.5) is 0 Å². The molecule has 1 aromatic heterocycles. The highest BCUT2D eigenvalue weighted by atomic mass is 16.5. The molecule has 0 amide bonds. The summed E-state index contributed by atoms with van der Waals surface area (Å²) < 4.78 is 7.40. The Morgan fingerprint density at radius 2 is 1.57 bits per heavy atom. The van der Waals surface area contributed by atoms with Crippen LogP contribution in [0.25, 0.3) is 16.9 Å². The largest absolute Gasteiger partial charge is 0.404 e. The summed E-state index contributed by atoms with van der Waals surface area (Å²) in [6.45, 7) is 4.00. The third kappa shape index (κ3) is 3.71. The van der Waals surface area contributed by atoms with Gasteiger partial charge in [0, 0.05) is 11.6 Å². The molecule has 3 aromatic carbocycles. The zero-order chi connectivity index (χ0) is 19.5. The van der Waals surface area contributed by atoms with Gasteiger partial charge in [0.25, 0.3) is 0 Å². The first kappa shape index (κ1) is 17.7. The summed E-state index contributed by atoms with van der Waals surface area (Å²) >= 11 is 0. The third-order valence-electron chi connectivity index (χ3n) is 4.48. The smallest absolute Gasteiger partial charge is 0.344 e. The van der Waals surface area contributed by atoms with E-state index in [2.05, 4.69) is 0 Å². The molecule has 4 rings (SSSR count). The van der Waals surface area contributed by atoms with Crippen molar-refractivity contribution in [3.63, 3.8) is 0 Å². The van der Waals surface area contributed by atoms with Crippen molar-refractivity contribution < 1.29 is 9.53 Å². The zero-order valence-electron chi connectivity index (χ0n) is 15.8. The highest BCUT2D eigenvalue weighted by molar-refractivity contribution is 5.91. The molecule has 0 aliphatic carbocycles. The van der Waals surface area contributed by atoms with Gasteiger partial charge in [-0.05, 0) is 43.7 Å². The molecule has 0 unspecified atom stereocenters. The van der Waals surface area contributed by atoms with E-state index in [0.29, 0.717) is 11.4 Å². The predicted molar refractivity (Wildman–Crippen MR) is 110 cm³/mol. The second kappa shape index (κ2) is 7.53. The highest BCUT2D eigenvalue weighted by Gasteiger charge is 2.17. The molecule has 1 heterocycles. The van der Waals surface area contributed by atoms with Gasteiger partial charge in [-0.1, -0.05) is 60.2 Å². The number of hydrogen-bond donors (Lipinski definition) is 0. The minimum Gasteiger partial charge on any atom is -0.404 e. The first-order valence-corrected chi connectivity index (χ1v) is 9.11. The third-order valence-corrected chi connectivity index (χ3v) is 4.48. The summed E-state index contributed by atoms with van der Waals surface area (Å²) in [5.74, 6) is -0.0246. The van der Waals surface area contributed by atoms with Crippen LogP contribution >= 0.6 is 0 Å². The second-order valence-electron chi connectivity index (χ2n) is 6.74. The molecule has 138 valence electrons. The summed E-state index contributed by atoms with van der Waals surface area (Å²) in [4.78, 5) is 12.7. The van der Waals surface area contributed by atoms with Crippen LogP contribution in [0, 0.1) is 13.8 Å². The molecule has 4 nitrogen and oxygen atoms in total. The fraction of sp³-hybridized carbons (Fsp3) is 0.0833. The van der Waals surface area contributed by atoms with Crippen molar-refractivity contribution in [2.45, 2.75) is 13.8 Å². The Balaban J connectivity index is 1.75. The van der Waals surface area contributed by atoms with E-state index in [1.165, 1.54) is 0 Å². The Labute approximate surface area is 164 Å². The van der Waals surface area contributed by atoms with Crippen molar-refractivity contribution in [2.75, 3.05) is 0 Å². The van der Waals surface area contributed by atoms with Gasteiger partial charge < -0.3 is 4.74 Å². The van der Waals surface area contributed by atoms with Gasteiger partial charge in [0.1, 0.15) is 0 Å². The number of esters is 1. The van der Waals surface area contributed by atoms with Gasteiger partial charge in [-0.2, -0.15) is 9.78 Å². The maximum Gasteiger partial charge on any atom is 0.344 e. The fourth-order valence-corrected chi connectivity index (χ4v) is 2.97. The van der Waals surface area contributed by atoms with Gasteiger partial charge in [0.05, 0.1) is 16.9 Å². The van der Waals surface area contributed by atoms with Gasteiger partial charge >= 0.3 is 5.97 Å². The van der Waals surface area contributed by atoms with Crippen LogP contribution in [-0.2, 0) is 0 Å². The molecule has 0 N–H and O–H groups in total. The molecule has 4 aromatic rings. The van der Waals surface area contributed by atoms with Gasteiger partial charge in [-0.15, -0.1) is 0 Å². The number of carbonyl (C=O) groups is 1. The van der Waals surface area contributed by atoms with Crippen LogP contribution in [0.1, 0.15) is 21.5 Å². The van der Waals surface area contributed by atoms with Crippen molar-refractivity contribution in [1.82, 2.24) is 9.78 Å². The van der Waals surface area contributed by atoms with Crippen molar-refractivity contribution in [3.05, 3.63) is 102 Å². The molecule has 0 saturated carbocycles. The Morgan fingerprint density at radius 3 is 2.29 bits per heavy atom. The van der Waals surface area contributed by atoms with E-state index < -0.39 is 5.97 Å². The number of ether oxygens (including phenoxy) is 1. The van der Waals surface area contributed by atoms with Crippen molar-refractivity contribution in [3.8, 4) is 22.8 Å². The van der Waals surface area contributed by atoms with Crippen LogP contribution in [0.3, 0.4) is 0 Å². The van der Waals surface area contributed by atoms with E-state index in [0.717, 1.165) is 28.1 Å². The Morgan fingerprint density at radius 1 is 0.821 bits per heavy atom. The minimum absolute atomic E-state index is 0.384. The molecule has 4 heteroatoms. The standard InChI is InChI=1S/C24H20N2O2/c1-17-11-13-20(14-12-17)24(27)28-23-16-22(19-8-4-3-5-9-19)25-26(23)21-10-6-7-18(2)15-21/h3-16H,1-2H3. The Hall–Kier alpha value is -3.66. The van der Waals surface area contributed by atoms with Crippen LogP contribution in [-0.4, -0.2) is 15.7 Å². The molecule has 0 aliphatic heterocycles. The van der Waals surface area contributed by atoms with E-state index >= 15 is 0 Å². The zero-order valence-corrected chi connectivity index (χ0v) is 15.8. The highest BCUT2D eigenvalue weighted by Crippen LogP contribution is 2.27. The molecule has 0 aliphatic rings. The van der Waals surface area contributed by atoms with Gasteiger partial charge in [0.2, 0.25) is 5.88 Å². The molecule has 0 atom stereocenters. The summed E-state index contributed by atoms with van der Waals surface area (Å²) in [5.41, 5.74) is 5.24. The summed E-state index contributed by atoms with van der Waals surface area (Å²) in [5, 5.41) is 4.69. The maximum atomic E-state index is 12.7. The quantitative estimate of drug-likeness (QED) is 0.455. The molecule has 0 bridgehead atoms. The van der Waals surface area contributed by atoms with Crippen LogP contribution in [0.2, 0.25) is 0 Å². The molecule has 0 fully saturated rings. The van der Waals surface area contributed by atoms with Crippen LogP contribution in [0.15, 0.2) is 84.9 Å². The summed E-state index contributed by atoms with van der Waals surface area (Å²) in [6.07, 6.45) is 0. The Kier molecular flexibility index (Phi) is 4.77. The normalized spacial score (nSPS) is 10.6.